The standard InChI is InChI=1S/C10H12FN3O6/c11-4-1-14(9(19)13-8(4)12)10(3-16)7(18)6(17)5(2-15)20-10/h1,3,5-7,15,17-18H,2H2,(H2,12,13,19)/t5-,6-,7-,10-/m1/s1. The predicted molar refractivity (Wildman–Crippen MR) is 60.9 cm³/mol. The van der Waals surface area contributed by atoms with Crippen molar-refractivity contribution in [2.45, 2.75) is 24.0 Å². The average Bonchev–Trinajstić information content (AvgIpc) is 2.68. The fourth-order valence-corrected chi connectivity index (χ4v) is 2.02. The van der Waals surface area contributed by atoms with Crippen LogP contribution < -0.4 is 11.4 Å². The summed E-state index contributed by atoms with van der Waals surface area (Å²) in [4.78, 5) is 26.1. The van der Waals surface area contributed by atoms with E-state index in [1.807, 2.05) is 0 Å². The molecule has 1 aromatic rings. The van der Waals surface area contributed by atoms with E-state index in [4.69, 9.17) is 15.6 Å². The third-order valence-corrected chi connectivity index (χ3v) is 3.10. The number of halogens is 1. The first-order valence-corrected chi connectivity index (χ1v) is 5.53. The van der Waals surface area contributed by atoms with E-state index >= 15 is 0 Å². The van der Waals surface area contributed by atoms with Crippen molar-refractivity contribution >= 4 is 12.1 Å². The van der Waals surface area contributed by atoms with Crippen molar-refractivity contribution in [3.63, 3.8) is 0 Å². The first-order chi connectivity index (χ1) is 9.37. The molecule has 1 aromatic heterocycles. The summed E-state index contributed by atoms with van der Waals surface area (Å²) < 4.78 is 18.8. The lowest BCUT2D eigenvalue weighted by Gasteiger charge is -2.27. The zero-order valence-corrected chi connectivity index (χ0v) is 10.0. The van der Waals surface area contributed by atoms with Crippen LogP contribution in [-0.4, -0.2) is 56.1 Å². The highest BCUT2D eigenvalue weighted by atomic mass is 19.1. The minimum Gasteiger partial charge on any atom is -0.394 e. The number of aromatic nitrogens is 2. The molecule has 2 rings (SSSR count). The van der Waals surface area contributed by atoms with Crippen molar-refractivity contribution in [2.24, 2.45) is 0 Å². The van der Waals surface area contributed by atoms with Gasteiger partial charge in [0.1, 0.15) is 18.3 Å². The molecule has 0 bridgehead atoms. The number of anilines is 1. The fraction of sp³-hybridized carbons (Fsp3) is 0.500. The van der Waals surface area contributed by atoms with Crippen LogP contribution in [0.25, 0.3) is 0 Å². The lowest BCUT2D eigenvalue weighted by Crippen LogP contribution is -2.52. The van der Waals surface area contributed by atoms with E-state index in [9.17, 15) is 24.2 Å². The zero-order valence-electron chi connectivity index (χ0n) is 10.0. The third-order valence-electron chi connectivity index (χ3n) is 3.10. The molecule has 1 saturated heterocycles. The number of aliphatic hydroxyl groups is 3. The van der Waals surface area contributed by atoms with Crippen LogP contribution in [0.3, 0.4) is 0 Å². The lowest BCUT2D eigenvalue weighted by molar-refractivity contribution is -0.163. The average molecular weight is 289 g/mol. The topological polar surface area (TPSA) is 148 Å². The van der Waals surface area contributed by atoms with E-state index in [2.05, 4.69) is 4.98 Å². The Labute approximate surface area is 111 Å². The Balaban J connectivity index is 2.61. The molecule has 1 fully saturated rings. The van der Waals surface area contributed by atoms with Gasteiger partial charge in [-0.05, 0) is 0 Å². The number of carbonyl (C=O) groups is 1. The van der Waals surface area contributed by atoms with E-state index in [0.717, 1.165) is 0 Å². The summed E-state index contributed by atoms with van der Waals surface area (Å²) in [5.74, 6) is -1.79. The van der Waals surface area contributed by atoms with Gasteiger partial charge in [-0.3, -0.25) is 9.36 Å². The maximum atomic E-state index is 13.4. The maximum absolute atomic E-state index is 13.4. The number of carbonyl (C=O) groups excluding carboxylic acids is 1. The number of aldehydes is 1. The number of ether oxygens (including phenoxy) is 1. The largest absolute Gasteiger partial charge is 0.394 e. The molecule has 9 nitrogen and oxygen atoms in total. The van der Waals surface area contributed by atoms with E-state index < -0.39 is 48.0 Å². The molecule has 5 N–H and O–H groups in total. The van der Waals surface area contributed by atoms with Crippen LogP contribution in [0.1, 0.15) is 0 Å². The monoisotopic (exact) mass is 289 g/mol. The second-order valence-corrected chi connectivity index (χ2v) is 4.27. The minimum absolute atomic E-state index is 0.0231. The molecule has 110 valence electrons. The van der Waals surface area contributed by atoms with Gasteiger partial charge in [0.25, 0.3) is 0 Å². The normalized spacial score (nSPS) is 33.3. The Morgan fingerprint density at radius 2 is 2.25 bits per heavy atom. The second kappa shape index (κ2) is 4.90. The number of hydrogen-bond donors (Lipinski definition) is 4. The maximum Gasteiger partial charge on any atom is 0.352 e. The molecule has 10 heteroatoms. The summed E-state index contributed by atoms with van der Waals surface area (Å²) in [6.07, 6.45) is -4.29. The molecule has 20 heavy (non-hydrogen) atoms. The minimum atomic E-state index is -2.38. The summed E-state index contributed by atoms with van der Waals surface area (Å²) in [7, 11) is 0. The molecular formula is C10H12FN3O6. The Morgan fingerprint density at radius 1 is 1.60 bits per heavy atom. The van der Waals surface area contributed by atoms with Crippen LogP contribution in [0.5, 0.6) is 0 Å². The van der Waals surface area contributed by atoms with Crippen molar-refractivity contribution in [1.29, 1.82) is 0 Å². The van der Waals surface area contributed by atoms with Crippen LogP contribution in [0.15, 0.2) is 11.0 Å². The van der Waals surface area contributed by atoms with Gasteiger partial charge < -0.3 is 25.8 Å². The predicted octanol–water partition coefficient (Wildman–Crippen LogP) is -3.07. The Morgan fingerprint density at radius 3 is 2.75 bits per heavy atom. The van der Waals surface area contributed by atoms with Gasteiger partial charge in [-0.2, -0.15) is 4.98 Å². The quantitative estimate of drug-likeness (QED) is 0.428. The molecule has 1 aliphatic heterocycles. The summed E-state index contributed by atoms with van der Waals surface area (Å²) in [6, 6.07) is 0. The van der Waals surface area contributed by atoms with Crippen molar-refractivity contribution in [2.75, 3.05) is 12.3 Å². The van der Waals surface area contributed by atoms with Gasteiger partial charge in [0, 0.05) is 0 Å². The summed E-state index contributed by atoms with van der Waals surface area (Å²) in [5.41, 5.74) is 1.57. The highest BCUT2D eigenvalue weighted by Crippen LogP contribution is 2.33. The Kier molecular flexibility index (Phi) is 3.56. The van der Waals surface area contributed by atoms with Crippen molar-refractivity contribution in [3.05, 3.63) is 22.5 Å². The lowest BCUT2D eigenvalue weighted by atomic mass is 10.0. The Bertz CT molecular complexity index is 593. The van der Waals surface area contributed by atoms with Gasteiger partial charge in [0.05, 0.1) is 12.8 Å². The third kappa shape index (κ3) is 1.89. The van der Waals surface area contributed by atoms with Gasteiger partial charge in [-0.15, -0.1) is 0 Å². The van der Waals surface area contributed by atoms with E-state index in [1.165, 1.54) is 0 Å². The molecular weight excluding hydrogens is 277 g/mol. The van der Waals surface area contributed by atoms with Crippen molar-refractivity contribution < 1.29 is 29.2 Å². The molecule has 0 saturated carbocycles. The molecule has 0 unspecified atom stereocenters. The number of nitrogens with two attached hydrogens (primary N) is 1. The number of rotatable bonds is 3. The van der Waals surface area contributed by atoms with Crippen molar-refractivity contribution in [1.82, 2.24) is 9.55 Å². The zero-order chi connectivity index (χ0) is 15.1. The first kappa shape index (κ1) is 14.5. The van der Waals surface area contributed by atoms with Crippen LogP contribution in [0.2, 0.25) is 0 Å². The first-order valence-electron chi connectivity index (χ1n) is 5.53. The van der Waals surface area contributed by atoms with E-state index in [1.54, 1.807) is 0 Å². The number of nitrogen functional groups attached to an aromatic ring is 1. The highest BCUT2D eigenvalue weighted by Gasteiger charge is 2.56. The molecule has 0 amide bonds. The smallest absolute Gasteiger partial charge is 0.352 e. The van der Waals surface area contributed by atoms with Crippen LogP contribution in [-0.2, 0) is 15.3 Å². The van der Waals surface area contributed by atoms with Crippen LogP contribution >= 0.6 is 0 Å². The second-order valence-electron chi connectivity index (χ2n) is 4.27. The van der Waals surface area contributed by atoms with Gasteiger partial charge in [-0.25, -0.2) is 9.18 Å². The van der Waals surface area contributed by atoms with Gasteiger partial charge in [0.2, 0.25) is 5.72 Å². The van der Waals surface area contributed by atoms with Crippen molar-refractivity contribution in [3.8, 4) is 0 Å². The van der Waals surface area contributed by atoms with Gasteiger partial charge in [-0.1, -0.05) is 0 Å². The van der Waals surface area contributed by atoms with Gasteiger partial charge in [0.15, 0.2) is 17.9 Å². The summed E-state index contributed by atoms with van der Waals surface area (Å²) in [5, 5.41) is 28.5. The number of hydrogen-bond acceptors (Lipinski definition) is 8. The molecule has 0 radical (unpaired) electrons. The number of aliphatic hydroxyl groups excluding tert-OH is 3. The molecule has 1 aliphatic rings. The van der Waals surface area contributed by atoms with E-state index in [-0.39, 0.29) is 6.29 Å². The molecule has 4 atom stereocenters. The summed E-state index contributed by atoms with van der Waals surface area (Å²) >= 11 is 0. The summed E-state index contributed by atoms with van der Waals surface area (Å²) in [6.45, 7) is -0.715. The van der Waals surface area contributed by atoms with Gasteiger partial charge >= 0.3 is 5.69 Å². The molecule has 0 aliphatic carbocycles. The highest BCUT2D eigenvalue weighted by molar-refractivity contribution is 5.62. The molecule has 0 spiro atoms. The Hall–Kier alpha value is -1.88. The fourth-order valence-electron chi connectivity index (χ4n) is 2.02. The van der Waals surface area contributed by atoms with Crippen LogP contribution in [0.4, 0.5) is 10.2 Å². The number of nitrogens with zero attached hydrogens (tertiary/aromatic N) is 2. The van der Waals surface area contributed by atoms with E-state index in [0.29, 0.717) is 10.8 Å². The SMILES string of the molecule is Nc1nc(=O)n([C@]2(C=O)O[C@H](CO)[C@@H](O)[C@H]2O)cc1F. The van der Waals surface area contributed by atoms with Crippen LogP contribution in [0, 0.1) is 5.82 Å². The molecule has 2 heterocycles. The molecule has 0 aromatic carbocycles.